The molecular formula is C41H50N16. The van der Waals surface area contributed by atoms with Gasteiger partial charge in [-0.25, -0.2) is 29.3 Å². The molecule has 57 heavy (non-hydrogen) atoms. The molecule has 0 spiro atoms. The number of nitrogens with zero attached hydrogens (tertiary/aromatic N) is 15. The number of fused-ring (bicyclic) bond motifs is 2. The Morgan fingerprint density at radius 3 is 1.95 bits per heavy atom. The Balaban J connectivity index is 1.33. The largest absolute Gasteiger partial charge is 0.361 e. The molecule has 2 aromatic carbocycles. The normalized spacial score (nSPS) is 13.1. The van der Waals surface area contributed by atoms with E-state index in [1.807, 2.05) is 65.1 Å². The fourth-order valence-electron chi connectivity index (χ4n) is 7.58. The summed E-state index contributed by atoms with van der Waals surface area (Å²) in [5.74, 6) is 1.51. The van der Waals surface area contributed by atoms with Crippen molar-refractivity contribution in [2.75, 3.05) is 13.1 Å². The van der Waals surface area contributed by atoms with Crippen molar-refractivity contribution in [2.24, 2.45) is 0 Å². The Morgan fingerprint density at radius 2 is 1.30 bits per heavy atom. The zero-order valence-electron chi connectivity index (χ0n) is 32.7. The minimum Gasteiger partial charge on any atom is -0.361 e. The molecule has 2 unspecified atom stereocenters. The first-order valence-electron chi connectivity index (χ1n) is 20.1. The summed E-state index contributed by atoms with van der Waals surface area (Å²) in [5.41, 5.74) is 3.91. The molecule has 0 saturated heterocycles. The van der Waals surface area contributed by atoms with Crippen molar-refractivity contribution in [1.29, 1.82) is 0 Å². The summed E-state index contributed by atoms with van der Waals surface area (Å²) in [5, 5.41) is 34.5. The van der Waals surface area contributed by atoms with Crippen LogP contribution in [0.25, 0.3) is 21.8 Å². The standard InChI is InChI=1S/C41H50N16/c1-3-5-23-54-40(46-48-50-54)38(34-14-15-35-33(29-34)17-18-44-35)56(25-9-21-52-27-19-42-30-52)57(26-10-22-53-28-20-43-31-53)39(41-47-49-51-55(41)24-6-4-2)37-16-13-32-11-7-8-12-36(32)45-37/h7-8,11-20,27-31,38-39,44H,3-6,9-10,21-26H2,1-2H3. The number of hydrogen-bond acceptors (Lipinski definition) is 11. The number of benzene rings is 2. The summed E-state index contributed by atoms with van der Waals surface area (Å²) in [6.07, 6.45) is 18.9. The van der Waals surface area contributed by atoms with Crippen molar-refractivity contribution in [1.82, 2.24) is 79.5 Å². The van der Waals surface area contributed by atoms with Gasteiger partial charge >= 0.3 is 0 Å². The fourth-order valence-corrected chi connectivity index (χ4v) is 7.58. The van der Waals surface area contributed by atoms with E-state index in [1.54, 1.807) is 0 Å². The second kappa shape index (κ2) is 18.2. The van der Waals surface area contributed by atoms with Crippen LogP contribution in [0.5, 0.6) is 0 Å². The SMILES string of the molecule is CCCCn1nnnc1C(c1ccc2[nH]ccc2c1)N(CCCn1ccnc1)N(CCCn1ccnc1)C(c1ccc2ccccc2n1)c1nnnn1CCCC. The fraction of sp³-hybridized carbons (Fsp3) is 0.390. The molecule has 6 heterocycles. The highest BCUT2D eigenvalue weighted by Crippen LogP contribution is 2.37. The molecule has 0 aliphatic carbocycles. The van der Waals surface area contributed by atoms with Crippen LogP contribution in [0.3, 0.4) is 0 Å². The predicted octanol–water partition coefficient (Wildman–Crippen LogP) is 6.26. The first kappa shape index (κ1) is 37.8. The quantitative estimate of drug-likeness (QED) is 0.0823. The monoisotopic (exact) mass is 766 g/mol. The van der Waals surface area contributed by atoms with Crippen LogP contribution in [-0.4, -0.2) is 92.6 Å². The average molecular weight is 767 g/mol. The number of aryl methyl sites for hydroxylation is 4. The lowest BCUT2D eigenvalue weighted by Gasteiger charge is -2.44. The van der Waals surface area contributed by atoms with Gasteiger partial charge in [0.1, 0.15) is 12.1 Å². The molecule has 0 aliphatic rings. The summed E-state index contributed by atoms with van der Waals surface area (Å²) in [7, 11) is 0. The molecule has 8 rings (SSSR count). The first-order chi connectivity index (χ1) is 28.2. The third kappa shape index (κ3) is 8.66. The summed E-state index contributed by atoms with van der Waals surface area (Å²) < 4.78 is 8.19. The maximum atomic E-state index is 5.37. The lowest BCUT2D eigenvalue weighted by atomic mass is 10.0. The summed E-state index contributed by atoms with van der Waals surface area (Å²) in [6.45, 7) is 8.61. The number of tetrazole rings is 2. The number of nitrogens with one attached hydrogen (secondary N) is 1. The number of hydrazine groups is 1. The van der Waals surface area contributed by atoms with E-state index in [0.29, 0.717) is 26.2 Å². The number of hydrogen-bond donors (Lipinski definition) is 1. The third-order valence-electron chi connectivity index (χ3n) is 10.5. The summed E-state index contributed by atoms with van der Waals surface area (Å²) in [4.78, 5) is 17.4. The molecule has 0 fully saturated rings. The highest BCUT2D eigenvalue weighted by molar-refractivity contribution is 5.80. The Kier molecular flexibility index (Phi) is 12.1. The van der Waals surface area contributed by atoms with Crippen molar-refractivity contribution in [2.45, 2.75) is 90.6 Å². The Labute approximate surface area is 331 Å². The highest BCUT2D eigenvalue weighted by atomic mass is 15.7. The number of unbranched alkanes of at least 4 members (excludes halogenated alkanes) is 2. The summed E-state index contributed by atoms with van der Waals surface area (Å²) in [6, 6.07) is 20.4. The molecule has 0 amide bonds. The second-order valence-electron chi connectivity index (χ2n) is 14.4. The number of H-pyrrole nitrogens is 1. The van der Waals surface area contributed by atoms with Gasteiger partial charge in [0.05, 0.1) is 23.9 Å². The van der Waals surface area contributed by atoms with Crippen LogP contribution in [0.2, 0.25) is 0 Å². The molecule has 16 nitrogen and oxygen atoms in total. The Hall–Kier alpha value is -6.13. The Morgan fingerprint density at radius 1 is 0.649 bits per heavy atom. The number of rotatable bonds is 21. The van der Waals surface area contributed by atoms with E-state index in [0.717, 1.165) is 96.3 Å². The van der Waals surface area contributed by atoms with Crippen LogP contribution in [0.15, 0.2) is 104 Å². The number of para-hydroxylation sites is 1. The zero-order chi connectivity index (χ0) is 38.8. The maximum Gasteiger partial charge on any atom is 0.176 e. The van der Waals surface area contributed by atoms with Crippen LogP contribution in [0.1, 0.15) is 87.4 Å². The van der Waals surface area contributed by atoms with E-state index in [2.05, 4.69) is 117 Å². The van der Waals surface area contributed by atoms with Crippen molar-refractivity contribution in [3.63, 3.8) is 0 Å². The van der Waals surface area contributed by atoms with Crippen molar-refractivity contribution < 1.29 is 0 Å². The van der Waals surface area contributed by atoms with Gasteiger partial charge in [0, 0.05) is 81.2 Å². The molecule has 16 heteroatoms. The van der Waals surface area contributed by atoms with Crippen LogP contribution < -0.4 is 0 Å². The van der Waals surface area contributed by atoms with Gasteiger partial charge in [0.2, 0.25) is 0 Å². The van der Waals surface area contributed by atoms with Gasteiger partial charge in [-0.3, -0.25) is 4.98 Å². The minimum absolute atomic E-state index is 0.380. The molecule has 6 aromatic heterocycles. The molecule has 0 saturated carbocycles. The van der Waals surface area contributed by atoms with E-state index in [4.69, 9.17) is 15.2 Å². The molecule has 2 atom stereocenters. The minimum atomic E-state index is -0.462. The van der Waals surface area contributed by atoms with Crippen molar-refractivity contribution >= 4 is 21.8 Å². The zero-order valence-corrected chi connectivity index (χ0v) is 32.7. The van der Waals surface area contributed by atoms with E-state index >= 15 is 0 Å². The van der Waals surface area contributed by atoms with Gasteiger partial charge in [-0.15, -0.1) is 10.2 Å². The smallest absolute Gasteiger partial charge is 0.176 e. The maximum absolute atomic E-state index is 5.37. The lowest BCUT2D eigenvalue weighted by Crippen LogP contribution is -2.50. The van der Waals surface area contributed by atoms with Crippen LogP contribution >= 0.6 is 0 Å². The van der Waals surface area contributed by atoms with Crippen LogP contribution in [-0.2, 0) is 26.2 Å². The number of imidazole rings is 2. The highest BCUT2D eigenvalue weighted by Gasteiger charge is 2.39. The molecule has 0 radical (unpaired) electrons. The van der Waals surface area contributed by atoms with Gasteiger partial charge in [-0.05, 0) is 87.8 Å². The van der Waals surface area contributed by atoms with Crippen molar-refractivity contribution in [3.05, 3.63) is 127 Å². The predicted molar refractivity (Wildman–Crippen MR) is 216 cm³/mol. The van der Waals surface area contributed by atoms with Crippen LogP contribution in [0.4, 0.5) is 0 Å². The van der Waals surface area contributed by atoms with E-state index in [9.17, 15) is 0 Å². The number of aromatic nitrogens is 14. The third-order valence-corrected chi connectivity index (χ3v) is 10.5. The van der Waals surface area contributed by atoms with Gasteiger partial charge in [-0.1, -0.05) is 57.0 Å². The second-order valence-corrected chi connectivity index (χ2v) is 14.4. The first-order valence-corrected chi connectivity index (χ1v) is 20.1. The average Bonchev–Trinajstić information content (AvgIpc) is 4.10. The molecular weight excluding hydrogens is 717 g/mol. The number of aromatic amines is 1. The summed E-state index contributed by atoms with van der Waals surface area (Å²) >= 11 is 0. The van der Waals surface area contributed by atoms with Gasteiger partial charge in [0.25, 0.3) is 0 Å². The Bertz CT molecular complexity index is 2410. The van der Waals surface area contributed by atoms with E-state index in [1.165, 1.54) is 0 Å². The van der Waals surface area contributed by atoms with Gasteiger partial charge in [0.15, 0.2) is 11.6 Å². The van der Waals surface area contributed by atoms with E-state index in [-0.39, 0.29) is 6.04 Å². The molecule has 0 aliphatic heterocycles. The lowest BCUT2D eigenvalue weighted by molar-refractivity contribution is -0.0840. The topological polar surface area (TPSA) is 158 Å². The van der Waals surface area contributed by atoms with Crippen molar-refractivity contribution in [3.8, 4) is 0 Å². The van der Waals surface area contributed by atoms with Gasteiger partial charge < -0.3 is 14.1 Å². The molecule has 8 aromatic rings. The van der Waals surface area contributed by atoms with E-state index < -0.39 is 6.04 Å². The molecule has 1 N–H and O–H groups in total. The van der Waals surface area contributed by atoms with Crippen LogP contribution in [0, 0.1) is 0 Å². The number of pyridine rings is 1. The molecule has 0 bridgehead atoms. The molecule has 294 valence electrons. The van der Waals surface area contributed by atoms with Gasteiger partial charge in [-0.2, -0.15) is 0 Å².